The zero-order chi connectivity index (χ0) is 13.1. The van der Waals surface area contributed by atoms with Gasteiger partial charge in [0.2, 0.25) is 0 Å². The lowest BCUT2D eigenvalue weighted by Crippen LogP contribution is -2.45. The number of rotatable bonds is 2. The molecular formula is C13H17BrN2O2. The maximum atomic E-state index is 12.1. The number of carbonyl (C=O) groups excluding carboxylic acids is 1. The van der Waals surface area contributed by atoms with E-state index in [1.54, 1.807) is 18.2 Å². The van der Waals surface area contributed by atoms with E-state index in [9.17, 15) is 9.90 Å². The fraction of sp³-hybridized carbons (Fsp3) is 0.462. The van der Waals surface area contributed by atoms with E-state index >= 15 is 0 Å². The van der Waals surface area contributed by atoms with Crippen LogP contribution in [-0.2, 0) is 0 Å². The number of nitrogen functional groups attached to an aromatic ring is 1. The third kappa shape index (κ3) is 3.03. The maximum Gasteiger partial charge on any atom is 0.253 e. The molecule has 1 fully saturated rings. The number of amides is 1. The van der Waals surface area contributed by atoms with Crippen molar-refractivity contribution in [1.82, 2.24) is 5.32 Å². The van der Waals surface area contributed by atoms with Crippen LogP contribution in [0.15, 0.2) is 22.7 Å². The molecule has 0 bridgehead atoms. The van der Waals surface area contributed by atoms with Gasteiger partial charge in [-0.2, -0.15) is 0 Å². The Labute approximate surface area is 115 Å². The summed E-state index contributed by atoms with van der Waals surface area (Å²) in [7, 11) is 0. The van der Waals surface area contributed by atoms with Gasteiger partial charge < -0.3 is 16.2 Å². The molecule has 0 aliphatic heterocycles. The molecule has 2 rings (SSSR count). The summed E-state index contributed by atoms with van der Waals surface area (Å²) in [5.41, 5.74) is 6.68. The van der Waals surface area contributed by atoms with Crippen molar-refractivity contribution in [2.75, 3.05) is 5.73 Å². The SMILES string of the molecule is Nc1ccc(Br)cc1C(=O)NC1CCCCC1O. The normalized spacial score (nSPS) is 23.7. The van der Waals surface area contributed by atoms with E-state index in [-0.39, 0.29) is 11.9 Å². The van der Waals surface area contributed by atoms with Crippen molar-refractivity contribution in [3.63, 3.8) is 0 Å². The van der Waals surface area contributed by atoms with Crippen molar-refractivity contribution >= 4 is 27.5 Å². The van der Waals surface area contributed by atoms with Crippen LogP contribution in [0.3, 0.4) is 0 Å². The van der Waals surface area contributed by atoms with Gasteiger partial charge >= 0.3 is 0 Å². The molecule has 0 heterocycles. The van der Waals surface area contributed by atoms with Crippen molar-refractivity contribution in [3.05, 3.63) is 28.2 Å². The van der Waals surface area contributed by atoms with Gasteiger partial charge in [0, 0.05) is 10.2 Å². The molecule has 5 heteroatoms. The molecule has 98 valence electrons. The quantitative estimate of drug-likeness (QED) is 0.732. The molecule has 1 aromatic rings. The Morgan fingerprint density at radius 1 is 1.39 bits per heavy atom. The molecule has 2 atom stereocenters. The first-order valence-electron chi connectivity index (χ1n) is 6.12. The predicted octanol–water partition coefficient (Wildman–Crippen LogP) is 2.06. The minimum atomic E-state index is -0.448. The largest absolute Gasteiger partial charge is 0.398 e. The molecule has 1 saturated carbocycles. The van der Waals surface area contributed by atoms with E-state index < -0.39 is 6.10 Å². The molecular weight excluding hydrogens is 296 g/mol. The Balaban J connectivity index is 2.09. The molecule has 4 N–H and O–H groups in total. The highest BCUT2D eigenvalue weighted by Crippen LogP contribution is 2.21. The zero-order valence-corrected chi connectivity index (χ0v) is 11.6. The Morgan fingerprint density at radius 3 is 2.83 bits per heavy atom. The highest BCUT2D eigenvalue weighted by molar-refractivity contribution is 9.10. The average Bonchev–Trinajstić information content (AvgIpc) is 2.35. The minimum absolute atomic E-state index is 0.162. The van der Waals surface area contributed by atoms with Gasteiger partial charge in [-0.05, 0) is 31.0 Å². The third-order valence-electron chi connectivity index (χ3n) is 3.31. The predicted molar refractivity (Wildman–Crippen MR) is 74.3 cm³/mol. The summed E-state index contributed by atoms with van der Waals surface area (Å²) in [5, 5.41) is 12.7. The van der Waals surface area contributed by atoms with Gasteiger partial charge in [0.15, 0.2) is 0 Å². The number of hydrogen-bond acceptors (Lipinski definition) is 3. The van der Waals surface area contributed by atoms with Gasteiger partial charge in [0.25, 0.3) is 5.91 Å². The summed E-state index contributed by atoms with van der Waals surface area (Å²) >= 11 is 3.32. The molecule has 4 nitrogen and oxygen atoms in total. The minimum Gasteiger partial charge on any atom is -0.398 e. The van der Waals surface area contributed by atoms with Gasteiger partial charge in [-0.1, -0.05) is 28.8 Å². The number of anilines is 1. The van der Waals surface area contributed by atoms with E-state index in [2.05, 4.69) is 21.2 Å². The first-order chi connectivity index (χ1) is 8.58. The Kier molecular flexibility index (Phi) is 4.24. The first kappa shape index (κ1) is 13.4. The number of halogens is 1. The summed E-state index contributed by atoms with van der Waals surface area (Å²) in [4.78, 5) is 12.1. The molecule has 1 aliphatic carbocycles. The Bertz CT molecular complexity index is 451. The smallest absolute Gasteiger partial charge is 0.253 e. The number of nitrogens with one attached hydrogen (secondary N) is 1. The van der Waals surface area contributed by atoms with Crippen LogP contribution in [0.4, 0.5) is 5.69 Å². The molecule has 0 saturated heterocycles. The standard InChI is InChI=1S/C13H17BrN2O2/c14-8-5-6-10(15)9(7-8)13(18)16-11-3-1-2-4-12(11)17/h5-7,11-12,17H,1-4,15H2,(H,16,18). The van der Waals surface area contributed by atoms with Gasteiger partial charge in [-0.15, -0.1) is 0 Å². The summed E-state index contributed by atoms with van der Waals surface area (Å²) in [6, 6.07) is 5.02. The van der Waals surface area contributed by atoms with Gasteiger partial charge in [-0.25, -0.2) is 0 Å². The summed E-state index contributed by atoms with van der Waals surface area (Å²) in [6.07, 6.45) is 3.18. The maximum absolute atomic E-state index is 12.1. The number of aliphatic hydroxyl groups is 1. The Morgan fingerprint density at radius 2 is 2.11 bits per heavy atom. The van der Waals surface area contributed by atoms with Gasteiger partial charge in [0.05, 0.1) is 17.7 Å². The number of hydrogen-bond donors (Lipinski definition) is 3. The number of benzene rings is 1. The summed E-state index contributed by atoms with van der Waals surface area (Å²) < 4.78 is 0.811. The summed E-state index contributed by atoms with van der Waals surface area (Å²) in [6.45, 7) is 0. The first-order valence-corrected chi connectivity index (χ1v) is 6.91. The lowest BCUT2D eigenvalue weighted by Gasteiger charge is -2.28. The molecule has 18 heavy (non-hydrogen) atoms. The number of nitrogens with two attached hydrogens (primary N) is 1. The molecule has 1 amide bonds. The van der Waals surface area contributed by atoms with Crippen molar-refractivity contribution in [2.45, 2.75) is 37.8 Å². The second-order valence-corrected chi connectivity index (χ2v) is 5.58. The van der Waals surface area contributed by atoms with E-state index in [4.69, 9.17) is 5.73 Å². The third-order valence-corrected chi connectivity index (χ3v) is 3.80. The molecule has 0 spiro atoms. The van der Waals surface area contributed by atoms with E-state index in [1.807, 2.05) is 0 Å². The van der Waals surface area contributed by atoms with Crippen molar-refractivity contribution < 1.29 is 9.90 Å². The van der Waals surface area contributed by atoms with Gasteiger partial charge in [-0.3, -0.25) is 4.79 Å². The molecule has 0 radical (unpaired) electrons. The molecule has 2 unspecified atom stereocenters. The highest BCUT2D eigenvalue weighted by Gasteiger charge is 2.25. The summed E-state index contributed by atoms with van der Waals surface area (Å²) in [5.74, 6) is -0.222. The van der Waals surface area contributed by atoms with Crippen LogP contribution in [0.5, 0.6) is 0 Å². The van der Waals surface area contributed by atoms with Crippen LogP contribution in [0.25, 0.3) is 0 Å². The van der Waals surface area contributed by atoms with Crippen LogP contribution in [0.2, 0.25) is 0 Å². The topological polar surface area (TPSA) is 75.4 Å². The lowest BCUT2D eigenvalue weighted by atomic mass is 9.92. The van der Waals surface area contributed by atoms with E-state index in [0.29, 0.717) is 11.3 Å². The highest BCUT2D eigenvalue weighted by atomic mass is 79.9. The van der Waals surface area contributed by atoms with Crippen molar-refractivity contribution in [1.29, 1.82) is 0 Å². The van der Waals surface area contributed by atoms with Crippen molar-refractivity contribution in [3.8, 4) is 0 Å². The van der Waals surface area contributed by atoms with Crippen LogP contribution in [0, 0.1) is 0 Å². The Hall–Kier alpha value is -1.07. The van der Waals surface area contributed by atoms with Crippen LogP contribution < -0.4 is 11.1 Å². The molecule has 0 aromatic heterocycles. The lowest BCUT2D eigenvalue weighted by molar-refractivity contribution is 0.0718. The van der Waals surface area contributed by atoms with Crippen LogP contribution >= 0.6 is 15.9 Å². The number of carbonyl (C=O) groups is 1. The molecule has 1 aliphatic rings. The van der Waals surface area contributed by atoms with Gasteiger partial charge in [0.1, 0.15) is 0 Å². The second kappa shape index (κ2) is 5.71. The fourth-order valence-electron chi connectivity index (χ4n) is 2.25. The van der Waals surface area contributed by atoms with E-state index in [0.717, 1.165) is 30.2 Å². The molecule has 1 aromatic carbocycles. The monoisotopic (exact) mass is 312 g/mol. The van der Waals surface area contributed by atoms with E-state index in [1.165, 1.54) is 0 Å². The average molecular weight is 313 g/mol. The second-order valence-electron chi connectivity index (χ2n) is 4.66. The number of aliphatic hydroxyl groups excluding tert-OH is 1. The zero-order valence-electron chi connectivity index (χ0n) is 10.0. The van der Waals surface area contributed by atoms with Crippen molar-refractivity contribution in [2.24, 2.45) is 0 Å². The fourth-order valence-corrected chi connectivity index (χ4v) is 2.61. The van der Waals surface area contributed by atoms with Crippen LogP contribution in [-0.4, -0.2) is 23.2 Å². The van der Waals surface area contributed by atoms with Crippen LogP contribution in [0.1, 0.15) is 36.0 Å².